The lowest BCUT2D eigenvalue weighted by Gasteiger charge is -2.29. The molecule has 1 heterocycles. The van der Waals surface area contributed by atoms with E-state index in [4.69, 9.17) is 4.74 Å². The Kier molecular flexibility index (Phi) is 3.32. The van der Waals surface area contributed by atoms with Gasteiger partial charge in [0.15, 0.2) is 0 Å². The average molecular weight is 280 g/mol. The van der Waals surface area contributed by atoms with Crippen LogP contribution >= 0.6 is 0 Å². The zero-order valence-electron chi connectivity index (χ0n) is 13.7. The summed E-state index contributed by atoms with van der Waals surface area (Å²) in [6, 6.07) is 13.1. The quantitative estimate of drug-likeness (QED) is 0.547. The van der Waals surface area contributed by atoms with E-state index >= 15 is 0 Å². The number of rotatable bonds is 1. The molecule has 0 radical (unpaired) electrons. The third kappa shape index (κ3) is 2.46. The Hall–Kier alpha value is -1.76. The third-order valence-corrected chi connectivity index (χ3v) is 4.24. The van der Waals surface area contributed by atoms with Crippen molar-refractivity contribution >= 4 is 0 Å². The van der Waals surface area contributed by atoms with Gasteiger partial charge < -0.3 is 4.74 Å². The van der Waals surface area contributed by atoms with E-state index in [0.717, 1.165) is 17.9 Å². The van der Waals surface area contributed by atoms with Gasteiger partial charge in [0.2, 0.25) is 0 Å². The number of fused-ring (bicyclic) bond motifs is 2. The van der Waals surface area contributed by atoms with Gasteiger partial charge >= 0.3 is 0 Å². The maximum Gasteiger partial charge on any atom is 0.134 e. The molecule has 0 bridgehead atoms. The van der Waals surface area contributed by atoms with E-state index in [0.29, 0.717) is 5.92 Å². The summed E-state index contributed by atoms with van der Waals surface area (Å²) in [7, 11) is 0. The van der Waals surface area contributed by atoms with Gasteiger partial charge in [-0.1, -0.05) is 71.0 Å². The molecule has 1 aliphatic rings. The number of hydrogen-bond donors (Lipinski definition) is 0. The molecule has 3 rings (SSSR count). The lowest BCUT2D eigenvalue weighted by Crippen LogP contribution is -2.16. The highest BCUT2D eigenvalue weighted by atomic mass is 16.5. The average Bonchev–Trinajstić information content (AvgIpc) is 2.42. The Morgan fingerprint density at radius 1 is 0.905 bits per heavy atom. The Morgan fingerprint density at radius 2 is 1.52 bits per heavy atom. The van der Waals surface area contributed by atoms with Crippen molar-refractivity contribution in [2.24, 2.45) is 0 Å². The van der Waals surface area contributed by atoms with Crippen LogP contribution in [0.15, 0.2) is 36.4 Å². The fourth-order valence-electron chi connectivity index (χ4n) is 3.07. The summed E-state index contributed by atoms with van der Waals surface area (Å²) in [5.74, 6) is 2.63. The summed E-state index contributed by atoms with van der Waals surface area (Å²) in [5.41, 5.74) is 5.30. The fourth-order valence-corrected chi connectivity index (χ4v) is 3.07. The molecule has 0 aliphatic carbocycles. The van der Waals surface area contributed by atoms with Crippen molar-refractivity contribution in [1.29, 1.82) is 0 Å². The van der Waals surface area contributed by atoms with Crippen LogP contribution < -0.4 is 4.74 Å². The van der Waals surface area contributed by atoms with E-state index in [-0.39, 0.29) is 5.41 Å². The summed E-state index contributed by atoms with van der Waals surface area (Å²) in [5, 5.41) is 0. The van der Waals surface area contributed by atoms with Crippen LogP contribution in [0.5, 0.6) is 11.5 Å². The van der Waals surface area contributed by atoms with E-state index in [1.165, 1.54) is 22.3 Å². The molecule has 0 fully saturated rings. The van der Waals surface area contributed by atoms with Crippen LogP contribution in [0, 0.1) is 0 Å². The first kappa shape index (κ1) is 14.2. The highest BCUT2D eigenvalue weighted by Gasteiger charge is 2.27. The van der Waals surface area contributed by atoms with Gasteiger partial charge in [0, 0.05) is 12.0 Å². The van der Waals surface area contributed by atoms with Gasteiger partial charge in [-0.15, -0.1) is 0 Å². The molecular weight excluding hydrogens is 256 g/mol. The van der Waals surface area contributed by atoms with Crippen molar-refractivity contribution in [3.05, 3.63) is 58.7 Å². The van der Waals surface area contributed by atoms with Gasteiger partial charge in [-0.2, -0.15) is 0 Å². The van der Waals surface area contributed by atoms with E-state index in [1.54, 1.807) is 0 Å². The van der Waals surface area contributed by atoms with Crippen LogP contribution in [0.25, 0.3) is 0 Å². The topological polar surface area (TPSA) is 9.23 Å². The Balaban J connectivity index is 2.15. The van der Waals surface area contributed by atoms with Crippen molar-refractivity contribution in [2.75, 3.05) is 0 Å². The second-order valence-corrected chi connectivity index (χ2v) is 7.31. The van der Waals surface area contributed by atoms with Crippen molar-refractivity contribution in [3.63, 3.8) is 0 Å². The summed E-state index contributed by atoms with van der Waals surface area (Å²) in [6.07, 6.45) is 0.967. The van der Waals surface area contributed by atoms with Crippen LogP contribution in [-0.4, -0.2) is 0 Å². The highest BCUT2D eigenvalue weighted by Crippen LogP contribution is 2.45. The first-order chi connectivity index (χ1) is 9.88. The number of para-hydroxylation sites is 2. The van der Waals surface area contributed by atoms with E-state index in [1.807, 2.05) is 0 Å². The van der Waals surface area contributed by atoms with Crippen LogP contribution in [0.3, 0.4) is 0 Å². The molecule has 0 unspecified atom stereocenters. The standard InChI is InChI=1S/C20H24O/c1-13(2)16-10-6-8-14-12-15-9-7-11-17(20(3,4)5)19(15)21-18(14)16/h6-11,13H,12H2,1-5H3. The van der Waals surface area contributed by atoms with E-state index < -0.39 is 0 Å². The van der Waals surface area contributed by atoms with Gasteiger partial charge in [-0.05, 0) is 28.0 Å². The monoisotopic (exact) mass is 280 g/mol. The van der Waals surface area contributed by atoms with E-state index in [2.05, 4.69) is 71.0 Å². The molecule has 0 saturated carbocycles. The zero-order valence-corrected chi connectivity index (χ0v) is 13.7. The van der Waals surface area contributed by atoms with Crippen molar-refractivity contribution in [3.8, 4) is 11.5 Å². The Bertz CT molecular complexity index is 675. The lowest BCUT2D eigenvalue weighted by molar-refractivity contribution is 0.429. The predicted molar refractivity (Wildman–Crippen MR) is 88.6 cm³/mol. The molecule has 1 nitrogen and oxygen atoms in total. The van der Waals surface area contributed by atoms with Gasteiger partial charge in [-0.25, -0.2) is 0 Å². The normalized spacial score (nSPS) is 13.6. The summed E-state index contributed by atoms with van der Waals surface area (Å²) >= 11 is 0. The van der Waals surface area contributed by atoms with Crippen LogP contribution in [-0.2, 0) is 11.8 Å². The number of ether oxygens (including phenoxy) is 1. The minimum Gasteiger partial charge on any atom is -0.456 e. The van der Waals surface area contributed by atoms with Crippen molar-refractivity contribution in [1.82, 2.24) is 0 Å². The van der Waals surface area contributed by atoms with Crippen LogP contribution in [0.1, 0.15) is 62.8 Å². The number of hydrogen-bond acceptors (Lipinski definition) is 1. The van der Waals surface area contributed by atoms with Crippen molar-refractivity contribution in [2.45, 2.75) is 52.4 Å². The molecule has 0 amide bonds. The molecule has 1 heteroatoms. The van der Waals surface area contributed by atoms with Crippen LogP contribution in [0.4, 0.5) is 0 Å². The minimum atomic E-state index is 0.0929. The SMILES string of the molecule is CC(C)c1cccc2c1Oc1c(cccc1C(C)(C)C)C2. The first-order valence-electron chi connectivity index (χ1n) is 7.80. The molecule has 0 saturated heterocycles. The second kappa shape index (κ2) is 4.91. The van der Waals surface area contributed by atoms with E-state index in [9.17, 15) is 0 Å². The molecule has 0 N–H and O–H groups in total. The maximum atomic E-state index is 6.43. The molecular formula is C20H24O. The third-order valence-electron chi connectivity index (χ3n) is 4.24. The molecule has 0 spiro atoms. The van der Waals surface area contributed by atoms with Gasteiger partial charge in [0.25, 0.3) is 0 Å². The van der Waals surface area contributed by atoms with Crippen LogP contribution in [0.2, 0.25) is 0 Å². The molecule has 0 aromatic heterocycles. The predicted octanol–water partition coefficient (Wildman–Crippen LogP) is 5.80. The van der Waals surface area contributed by atoms with Crippen molar-refractivity contribution < 1.29 is 4.74 Å². The molecule has 0 atom stereocenters. The second-order valence-electron chi connectivity index (χ2n) is 7.31. The Labute approximate surface area is 128 Å². The van der Waals surface area contributed by atoms with Gasteiger partial charge in [0.05, 0.1) is 0 Å². The lowest BCUT2D eigenvalue weighted by atomic mass is 9.83. The summed E-state index contributed by atoms with van der Waals surface area (Å²) in [4.78, 5) is 0. The smallest absolute Gasteiger partial charge is 0.134 e. The Morgan fingerprint density at radius 3 is 2.14 bits per heavy atom. The number of benzene rings is 2. The van der Waals surface area contributed by atoms with Gasteiger partial charge in [-0.3, -0.25) is 0 Å². The zero-order chi connectivity index (χ0) is 15.2. The fraction of sp³-hybridized carbons (Fsp3) is 0.400. The molecule has 1 aliphatic heterocycles. The molecule has 2 aromatic carbocycles. The minimum absolute atomic E-state index is 0.0929. The largest absolute Gasteiger partial charge is 0.456 e. The maximum absolute atomic E-state index is 6.43. The first-order valence-corrected chi connectivity index (χ1v) is 7.80. The van der Waals surface area contributed by atoms with Gasteiger partial charge in [0.1, 0.15) is 11.5 Å². The highest BCUT2D eigenvalue weighted by molar-refractivity contribution is 5.57. The molecule has 21 heavy (non-hydrogen) atoms. The summed E-state index contributed by atoms with van der Waals surface area (Å²) in [6.45, 7) is 11.2. The molecule has 110 valence electrons. The molecule has 2 aromatic rings. The summed E-state index contributed by atoms with van der Waals surface area (Å²) < 4.78 is 6.43.